The van der Waals surface area contributed by atoms with E-state index in [0.717, 1.165) is 17.2 Å². The first-order valence-electron chi connectivity index (χ1n) is 6.46. The van der Waals surface area contributed by atoms with E-state index in [1.54, 1.807) is 12.4 Å². The van der Waals surface area contributed by atoms with Crippen molar-refractivity contribution in [3.8, 4) is 11.3 Å². The van der Waals surface area contributed by atoms with E-state index in [9.17, 15) is 4.79 Å². The first kappa shape index (κ1) is 14.7. The predicted octanol–water partition coefficient (Wildman–Crippen LogP) is 1.61. The summed E-state index contributed by atoms with van der Waals surface area (Å²) in [7, 11) is 0. The summed E-state index contributed by atoms with van der Waals surface area (Å²) >= 11 is 0. The van der Waals surface area contributed by atoms with Gasteiger partial charge in [0.25, 0.3) is 0 Å². The SMILES string of the molecule is NCCNc1cncc(-c2cccc(C=CC(=O)O)c2)n1. The Morgan fingerprint density at radius 2 is 2.24 bits per heavy atom. The molecule has 2 rings (SSSR count). The van der Waals surface area contributed by atoms with Crippen molar-refractivity contribution in [2.24, 2.45) is 5.73 Å². The zero-order valence-electron chi connectivity index (χ0n) is 11.4. The number of anilines is 1. The van der Waals surface area contributed by atoms with E-state index in [1.807, 2.05) is 24.3 Å². The largest absolute Gasteiger partial charge is 0.478 e. The van der Waals surface area contributed by atoms with Gasteiger partial charge in [0.1, 0.15) is 5.82 Å². The van der Waals surface area contributed by atoms with Gasteiger partial charge in [-0.05, 0) is 17.7 Å². The van der Waals surface area contributed by atoms with E-state index < -0.39 is 5.97 Å². The minimum absolute atomic E-state index is 0.515. The third-order valence-corrected chi connectivity index (χ3v) is 2.69. The quantitative estimate of drug-likeness (QED) is 0.697. The summed E-state index contributed by atoms with van der Waals surface area (Å²) in [5, 5.41) is 11.7. The smallest absolute Gasteiger partial charge is 0.328 e. The highest BCUT2D eigenvalue weighted by Gasteiger charge is 2.02. The number of carboxylic acid groups (broad SMARTS) is 1. The molecule has 0 aliphatic rings. The molecule has 6 nitrogen and oxygen atoms in total. The van der Waals surface area contributed by atoms with Crippen molar-refractivity contribution in [3.63, 3.8) is 0 Å². The fourth-order valence-electron chi connectivity index (χ4n) is 1.76. The summed E-state index contributed by atoms with van der Waals surface area (Å²) in [6.45, 7) is 1.14. The molecule has 4 N–H and O–H groups in total. The van der Waals surface area contributed by atoms with Crippen LogP contribution in [0.5, 0.6) is 0 Å². The lowest BCUT2D eigenvalue weighted by molar-refractivity contribution is -0.131. The molecule has 0 aliphatic heterocycles. The van der Waals surface area contributed by atoms with Gasteiger partial charge in [-0.15, -0.1) is 0 Å². The first-order chi connectivity index (χ1) is 10.2. The van der Waals surface area contributed by atoms with Crippen molar-refractivity contribution < 1.29 is 9.90 Å². The van der Waals surface area contributed by atoms with Gasteiger partial charge in [0.15, 0.2) is 0 Å². The Kier molecular flexibility index (Phi) is 5.00. The maximum atomic E-state index is 10.5. The van der Waals surface area contributed by atoms with E-state index in [1.165, 1.54) is 6.08 Å². The van der Waals surface area contributed by atoms with E-state index in [-0.39, 0.29) is 0 Å². The van der Waals surface area contributed by atoms with Crippen LogP contribution >= 0.6 is 0 Å². The predicted molar refractivity (Wildman–Crippen MR) is 81.7 cm³/mol. The number of nitrogens with zero attached hydrogens (tertiary/aromatic N) is 2. The monoisotopic (exact) mass is 284 g/mol. The summed E-state index contributed by atoms with van der Waals surface area (Å²) in [5.74, 6) is -0.322. The van der Waals surface area contributed by atoms with Gasteiger partial charge in [-0.2, -0.15) is 0 Å². The standard InChI is InChI=1S/C15H16N4O2/c16-6-7-18-14-10-17-9-13(19-14)12-3-1-2-11(8-12)4-5-15(20)21/h1-5,8-10H,6-7,16H2,(H,18,19)(H,20,21). The van der Waals surface area contributed by atoms with Crippen molar-refractivity contribution in [2.45, 2.75) is 0 Å². The molecule has 1 heterocycles. The van der Waals surface area contributed by atoms with Crippen LogP contribution in [0, 0.1) is 0 Å². The van der Waals surface area contributed by atoms with Gasteiger partial charge in [0.2, 0.25) is 0 Å². The highest BCUT2D eigenvalue weighted by molar-refractivity contribution is 5.85. The minimum Gasteiger partial charge on any atom is -0.478 e. The lowest BCUT2D eigenvalue weighted by Crippen LogP contribution is -2.14. The molecule has 0 unspecified atom stereocenters. The third-order valence-electron chi connectivity index (χ3n) is 2.69. The zero-order valence-corrected chi connectivity index (χ0v) is 11.4. The van der Waals surface area contributed by atoms with Gasteiger partial charge >= 0.3 is 5.97 Å². The summed E-state index contributed by atoms with van der Waals surface area (Å²) in [5.41, 5.74) is 7.80. The number of carboxylic acids is 1. The fourth-order valence-corrected chi connectivity index (χ4v) is 1.76. The number of benzene rings is 1. The van der Waals surface area contributed by atoms with E-state index in [0.29, 0.717) is 24.6 Å². The first-order valence-corrected chi connectivity index (χ1v) is 6.46. The highest BCUT2D eigenvalue weighted by atomic mass is 16.4. The Hall–Kier alpha value is -2.73. The van der Waals surface area contributed by atoms with E-state index in [4.69, 9.17) is 10.8 Å². The van der Waals surface area contributed by atoms with Crippen LogP contribution in [0.15, 0.2) is 42.7 Å². The maximum absolute atomic E-state index is 10.5. The Morgan fingerprint density at radius 1 is 1.38 bits per heavy atom. The zero-order chi connectivity index (χ0) is 15.1. The summed E-state index contributed by atoms with van der Waals surface area (Å²) in [6, 6.07) is 7.43. The van der Waals surface area contributed by atoms with Crippen LogP contribution in [0.25, 0.3) is 17.3 Å². The molecular weight excluding hydrogens is 268 g/mol. The molecule has 0 amide bonds. The Balaban J connectivity index is 2.25. The molecule has 1 aromatic carbocycles. The molecule has 0 atom stereocenters. The second kappa shape index (κ2) is 7.16. The molecular formula is C15H16N4O2. The summed E-state index contributed by atoms with van der Waals surface area (Å²) in [6.07, 6.45) is 5.93. The lowest BCUT2D eigenvalue weighted by atomic mass is 10.1. The maximum Gasteiger partial charge on any atom is 0.328 e. The number of aliphatic carboxylic acids is 1. The van der Waals surface area contributed by atoms with Gasteiger partial charge in [-0.1, -0.05) is 18.2 Å². The van der Waals surface area contributed by atoms with Crippen LogP contribution in [-0.4, -0.2) is 34.1 Å². The molecule has 0 radical (unpaired) electrons. The molecule has 0 saturated heterocycles. The lowest BCUT2D eigenvalue weighted by Gasteiger charge is -2.06. The number of aromatic nitrogens is 2. The number of hydrogen-bond acceptors (Lipinski definition) is 5. The molecule has 0 spiro atoms. The van der Waals surface area contributed by atoms with Gasteiger partial charge in [0, 0.05) is 24.7 Å². The summed E-state index contributed by atoms with van der Waals surface area (Å²) < 4.78 is 0. The van der Waals surface area contributed by atoms with Crippen molar-refractivity contribution >= 4 is 17.9 Å². The van der Waals surface area contributed by atoms with Crippen LogP contribution in [-0.2, 0) is 4.79 Å². The number of carbonyl (C=O) groups is 1. The Bertz CT molecular complexity index is 656. The molecule has 2 aromatic rings. The van der Waals surface area contributed by atoms with Crippen molar-refractivity contribution in [2.75, 3.05) is 18.4 Å². The topological polar surface area (TPSA) is 101 Å². The van der Waals surface area contributed by atoms with Crippen LogP contribution in [0.2, 0.25) is 0 Å². The number of rotatable bonds is 6. The average Bonchev–Trinajstić information content (AvgIpc) is 2.51. The van der Waals surface area contributed by atoms with Gasteiger partial charge < -0.3 is 16.2 Å². The second-order valence-electron chi connectivity index (χ2n) is 4.30. The van der Waals surface area contributed by atoms with Crippen LogP contribution in [0.1, 0.15) is 5.56 Å². The number of nitrogens with two attached hydrogens (primary N) is 1. The Labute approximate surface area is 122 Å². The second-order valence-corrected chi connectivity index (χ2v) is 4.30. The van der Waals surface area contributed by atoms with Crippen molar-refractivity contribution in [1.82, 2.24) is 9.97 Å². The fraction of sp³-hybridized carbons (Fsp3) is 0.133. The molecule has 108 valence electrons. The molecule has 0 aliphatic carbocycles. The molecule has 0 saturated carbocycles. The molecule has 6 heteroatoms. The summed E-state index contributed by atoms with van der Waals surface area (Å²) in [4.78, 5) is 19.1. The Morgan fingerprint density at radius 3 is 3.00 bits per heavy atom. The van der Waals surface area contributed by atoms with E-state index >= 15 is 0 Å². The number of nitrogens with one attached hydrogen (secondary N) is 1. The highest BCUT2D eigenvalue weighted by Crippen LogP contribution is 2.19. The number of hydrogen-bond donors (Lipinski definition) is 3. The van der Waals surface area contributed by atoms with Crippen LogP contribution in [0.4, 0.5) is 5.82 Å². The van der Waals surface area contributed by atoms with Gasteiger partial charge in [-0.25, -0.2) is 9.78 Å². The van der Waals surface area contributed by atoms with Crippen molar-refractivity contribution in [3.05, 3.63) is 48.3 Å². The molecule has 1 aromatic heterocycles. The normalized spacial score (nSPS) is 10.7. The van der Waals surface area contributed by atoms with E-state index in [2.05, 4.69) is 15.3 Å². The molecule has 0 fully saturated rings. The van der Waals surface area contributed by atoms with Gasteiger partial charge in [0.05, 0.1) is 18.1 Å². The van der Waals surface area contributed by atoms with Crippen LogP contribution < -0.4 is 11.1 Å². The molecule has 21 heavy (non-hydrogen) atoms. The molecule has 0 bridgehead atoms. The van der Waals surface area contributed by atoms with Crippen molar-refractivity contribution in [1.29, 1.82) is 0 Å². The average molecular weight is 284 g/mol. The minimum atomic E-state index is -0.979. The third kappa shape index (κ3) is 4.39. The van der Waals surface area contributed by atoms with Gasteiger partial charge in [-0.3, -0.25) is 4.98 Å². The van der Waals surface area contributed by atoms with Crippen LogP contribution in [0.3, 0.4) is 0 Å².